The summed E-state index contributed by atoms with van der Waals surface area (Å²) < 4.78 is 33.2. The number of aromatic nitrogens is 2. The molecule has 0 aliphatic carbocycles. The van der Waals surface area contributed by atoms with E-state index >= 15 is 0 Å². The topological polar surface area (TPSA) is 81.5 Å². The van der Waals surface area contributed by atoms with E-state index in [-0.39, 0.29) is 35.0 Å². The number of rotatable bonds is 6. The Hall–Kier alpha value is -1.78. The normalized spacial score (nSPS) is 19.6. The Labute approximate surface area is 212 Å². The van der Waals surface area contributed by atoms with Gasteiger partial charge in [0.1, 0.15) is 0 Å². The van der Waals surface area contributed by atoms with Crippen LogP contribution in [0.4, 0.5) is 0 Å². The zero-order valence-electron chi connectivity index (χ0n) is 19.3. The van der Waals surface area contributed by atoms with Crippen molar-refractivity contribution in [3.05, 3.63) is 67.6 Å². The van der Waals surface area contributed by atoms with Crippen molar-refractivity contribution in [3.8, 4) is 0 Å². The van der Waals surface area contributed by atoms with E-state index in [0.29, 0.717) is 21.5 Å². The lowest BCUT2D eigenvalue weighted by Gasteiger charge is -2.35. The number of fused-ring (bicyclic) bond motifs is 1. The summed E-state index contributed by atoms with van der Waals surface area (Å²) in [6.07, 6.45) is 1.80. The van der Waals surface area contributed by atoms with E-state index in [9.17, 15) is 13.2 Å². The minimum Gasteiger partial charge on any atom is -0.373 e. The molecule has 3 aromatic rings. The van der Waals surface area contributed by atoms with E-state index in [1.807, 2.05) is 6.07 Å². The van der Waals surface area contributed by atoms with Crippen molar-refractivity contribution in [2.75, 3.05) is 18.8 Å². The molecule has 4 rings (SSSR count). The highest BCUT2D eigenvalue weighted by atomic mass is 79.9. The second-order valence-corrected chi connectivity index (χ2v) is 12.3. The van der Waals surface area contributed by atoms with Crippen LogP contribution >= 0.6 is 27.5 Å². The van der Waals surface area contributed by atoms with Crippen molar-refractivity contribution in [3.63, 3.8) is 0 Å². The molecule has 7 nitrogen and oxygen atoms in total. The minimum atomic E-state index is -3.47. The van der Waals surface area contributed by atoms with Gasteiger partial charge >= 0.3 is 0 Å². The summed E-state index contributed by atoms with van der Waals surface area (Å²) >= 11 is 9.76. The molecule has 1 aliphatic rings. The minimum absolute atomic E-state index is 0.0388. The van der Waals surface area contributed by atoms with Gasteiger partial charge in [0.15, 0.2) is 9.84 Å². The van der Waals surface area contributed by atoms with Gasteiger partial charge in [-0.3, -0.25) is 14.3 Å². The van der Waals surface area contributed by atoms with Crippen LogP contribution in [-0.2, 0) is 27.7 Å². The predicted molar refractivity (Wildman–Crippen MR) is 137 cm³/mol. The number of nitrogens with zero attached hydrogens (tertiary/aromatic N) is 3. The largest absolute Gasteiger partial charge is 0.373 e. The first-order valence-corrected chi connectivity index (χ1v) is 14.0. The molecule has 1 saturated heterocycles. The molecule has 2 aromatic carbocycles. The molecule has 0 saturated carbocycles. The number of hydrogen-bond acceptors (Lipinski definition) is 6. The monoisotopic (exact) mass is 567 g/mol. The molecule has 0 amide bonds. The van der Waals surface area contributed by atoms with Crippen molar-refractivity contribution in [2.24, 2.45) is 0 Å². The zero-order chi connectivity index (χ0) is 24.6. The van der Waals surface area contributed by atoms with Gasteiger partial charge in [-0.2, -0.15) is 0 Å². The third kappa shape index (κ3) is 5.39. The van der Waals surface area contributed by atoms with Crippen LogP contribution in [0.1, 0.15) is 31.9 Å². The third-order valence-corrected chi connectivity index (χ3v) is 8.76. The molecule has 2 atom stereocenters. The number of hydrogen-bond donors (Lipinski definition) is 0. The summed E-state index contributed by atoms with van der Waals surface area (Å²) in [4.78, 5) is 20.3. The van der Waals surface area contributed by atoms with Crippen LogP contribution < -0.4 is 5.56 Å². The fourth-order valence-corrected chi connectivity index (χ4v) is 6.20. The average molecular weight is 569 g/mol. The van der Waals surface area contributed by atoms with Gasteiger partial charge in [0, 0.05) is 29.1 Å². The van der Waals surface area contributed by atoms with Crippen LogP contribution in [-0.4, -0.2) is 53.9 Å². The number of sulfone groups is 1. The zero-order valence-corrected chi connectivity index (χ0v) is 22.5. The van der Waals surface area contributed by atoms with Gasteiger partial charge in [-0.05, 0) is 55.3 Å². The Bertz CT molecular complexity index is 1380. The van der Waals surface area contributed by atoms with Gasteiger partial charge in [0.05, 0.1) is 46.6 Å². The molecule has 34 heavy (non-hydrogen) atoms. The van der Waals surface area contributed by atoms with Gasteiger partial charge in [0.25, 0.3) is 5.56 Å². The summed E-state index contributed by atoms with van der Waals surface area (Å²) in [6, 6.07) is 8.35. The molecule has 0 spiro atoms. The predicted octanol–water partition coefficient (Wildman–Crippen LogP) is 4.26. The molecule has 2 heterocycles. The summed E-state index contributed by atoms with van der Waals surface area (Å²) in [5, 5.41) is 0.870. The molecule has 10 heteroatoms. The van der Waals surface area contributed by atoms with E-state index < -0.39 is 9.84 Å². The number of benzene rings is 2. The number of halogens is 2. The van der Waals surface area contributed by atoms with E-state index in [2.05, 4.69) is 39.7 Å². The lowest BCUT2D eigenvalue weighted by Crippen LogP contribution is -2.44. The van der Waals surface area contributed by atoms with Crippen LogP contribution in [0.2, 0.25) is 5.02 Å². The number of morpholine rings is 1. The molecule has 0 N–H and O–H groups in total. The van der Waals surface area contributed by atoms with Crippen molar-refractivity contribution in [2.45, 2.75) is 51.0 Å². The van der Waals surface area contributed by atoms with Gasteiger partial charge in [-0.1, -0.05) is 34.5 Å². The highest BCUT2D eigenvalue weighted by Crippen LogP contribution is 2.26. The average Bonchev–Trinajstić information content (AvgIpc) is 2.76. The first kappa shape index (κ1) is 25.3. The van der Waals surface area contributed by atoms with E-state index in [1.54, 1.807) is 25.1 Å². The molecule has 1 aliphatic heterocycles. The molecular formula is C24H27BrClN3O4S. The molecule has 182 valence electrons. The number of ether oxygens (including phenoxy) is 1. The van der Waals surface area contributed by atoms with Crippen molar-refractivity contribution in [1.82, 2.24) is 14.5 Å². The fourth-order valence-electron chi connectivity index (χ4n) is 4.42. The highest BCUT2D eigenvalue weighted by molar-refractivity contribution is 9.10. The maximum Gasteiger partial charge on any atom is 0.261 e. The molecule has 1 fully saturated rings. The maximum absolute atomic E-state index is 13.3. The van der Waals surface area contributed by atoms with Crippen LogP contribution in [0.25, 0.3) is 10.9 Å². The second kappa shape index (κ2) is 10.1. The van der Waals surface area contributed by atoms with Crippen LogP contribution in [0, 0.1) is 0 Å². The molecule has 1 aromatic heterocycles. The quantitative estimate of drug-likeness (QED) is 0.442. The highest BCUT2D eigenvalue weighted by Gasteiger charge is 2.23. The Morgan fingerprint density at radius 3 is 2.50 bits per heavy atom. The molecular weight excluding hydrogens is 542 g/mol. The fraction of sp³-hybridized carbons (Fsp3) is 0.417. The van der Waals surface area contributed by atoms with Gasteiger partial charge < -0.3 is 4.74 Å². The smallest absolute Gasteiger partial charge is 0.261 e. The Balaban J connectivity index is 1.68. The van der Waals surface area contributed by atoms with Gasteiger partial charge in [0.2, 0.25) is 0 Å². The van der Waals surface area contributed by atoms with Crippen molar-refractivity contribution in [1.29, 1.82) is 0 Å². The molecule has 0 bridgehead atoms. The lowest BCUT2D eigenvalue weighted by atomic mass is 10.1. The Morgan fingerprint density at radius 1 is 1.12 bits per heavy atom. The maximum atomic E-state index is 13.3. The SMILES string of the molecule is CCS(=O)(=O)c1ccc(Cl)cc1Cn1cnc2cc(CN3CC(C)OC(C)C3)c(Br)cc2c1=O. The van der Waals surface area contributed by atoms with Crippen LogP contribution in [0.3, 0.4) is 0 Å². The Kier molecular flexibility index (Phi) is 7.50. The van der Waals surface area contributed by atoms with Crippen LogP contribution in [0.5, 0.6) is 0 Å². The van der Waals surface area contributed by atoms with E-state index in [1.165, 1.54) is 17.0 Å². The summed E-state index contributed by atoms with van der Waals surface area (Å²) in [5.41, 5.74) is 1.86. The summed E-state index contributed by atoms with van der Waals surface area (Å²) in [7, 11) is -3.47. The Morgan fingerprint density at radius 2 is 1.82 bits per heavy atom. The first-order valence-electron chi connectivity index (χ1n) is 11.1. The van der Waals surface area contributed by atoms with Gasteiger partial charge in [-0.25, -0.2) is 13.4 Å². The molecule has 2 unspecified atom stereocenters. The lowest BCUT2D eigenvalue weighted by molar-refractivity contribution is -0.0705. The standard InChI is InChI=1S/C24H27BrClN3O4S/c1-4-34(31,32)23-6-5-19(26)7-18(23)13-29-14-27-22-8-17(21(25)9-20(22)24(29)30)12-28-10-15(2)33-16(3)11-28/h5-9,14-16H,4,10-13H2,1-3H3. The third-order valence-electron chi connectivity index (χ3n) is 5.96. The van der Waals surface area contributed by atoms with Gasteiger partial charge in [-0.15, -0.1) is 0 Å². The summed E-state index contributed by atoms with van der Waals surface area (Å²) in [5.74, 6) is -0.0388. The van der Waals surface area contributed by atoms with Crippen molar-refractivity contribution >= 4 is 48.3 Å². The first-order chi connectivity index (χ1) is 16.1. The van der Waals surface area contributed by atoms with Crippen molar-refractivity contribution < 1.29 is 13.2 Å². The second-order valence-electron chi connectivity index (χ2n) is 8.75. The van der Waals surface area contributed by atoms with E-state index in [4.69, 9.17) is 16.3 Å². The van der Waals surface area contributed by atoms with E-state index in [0.717, 1.165) is 29.7 Å². The van der Waals surface area contributed by atoms with Crippen LogP contribution in [0.15, 0.2) is 50.8 Å². The summed E-state index contributed by atoms with van der Waals surface area (Å²) in [6.45, 7) is 8.18. The molecule has 0 radical (unpaired) electrons.